The van der Waals surface area contributed by atoms with Gasteiger partial charge in [-0.05, 0) is 55.7 Å². The summed E-state index contributed by atoms with van der Waals surface area (Å²) in [6, 6.07) is 21.5. The largest absolute Gasteiger partial charge is 0.371 e. The average molecular weight is 450 g/mol. The third-order valence-corrected chi connectivity index (χ3v) is 6.96. The summed E-state index contributed by atoms with van der Waals surface area (Å²) in [4.78, 5) is 15.5. The van der Waals surface area contributed by atoms with Crippen LogP contribution in [0.5, 0.6) is 0 Å². The summed E-state index contributed by atoms with van der Waals surface area (Å²) < 4.78 is 28.3. The average Bonchev–Trinajstić information content (AvgIpc) is 3.33. The highest BCUT2D eigenvalue weighted by molar-refractivity contribution is 7.92. The van der Waals surface area contributed by atoms with Gasteiger partial charge in [0.05, 0.1) is 10.5 Å². The van der Waals surface area contributed by atoms with Crippen LogP contribution in [0.15, 0.2) is 77.7 Å². The quantitative estimate of drug-likeness (QED) is 0.563. The van der Waals surface area contributed by atoms with Gasteiger partial charge in [0.15, 0.2) is 0 Å². The summed E-state index contributed by atoms with van der Waals surface area (Å²) in [5.74, 6) is -0.230. The molecule has 3 aromatic rings. The Balaban J connectivity index is 1.60. The van der Waals surface area contributed by atoms with Crippen molar-refractivity contribution in [1.82, 2.24) is 5.32 Å². The Hall–Kier alpha value is -3.32. The van der Waals surface area contributed by atoms with E-state index in [1.54, 1.807) is 36.4 Å². The van der Waals surface area contributed by atoms with Gasteiger partial charge >= 0.3 is 0 Å². The van der Waals surface area contributed by atoms with Crippen molar-refractivity contribution >= 4 is 27.3 Å². The van der Waals surface area contributed by atoms with E-state index in [4.69, 9.17) is 0 Å². The number of amides is 1. The minimum Gasteiger partial charge on any atom is -0.371 e. The van der Waals surface area contributed by atoms with Crippen molar-refractivity contribution in [3.63, 3.8) is 0 Å². The van der Waals surface area contributed by atoms with Gasteiger partial charge in [0, 0.05) is 31.0 Å². The molecule has 1 fully saturated rings. The van der Waals surface area contributed by atoms with Crippen molar-refractivity contribution < 1.29 is 13.2 Å². The lowest BCUT2D eigenvalue weighted by Gasteiger charge is -2.22. The second kappa shape index (κ2) is 9.44. The molecule has 0 aromatic heterocycles. The SMILES string of the molecule is Cc1ccc(S(=O)(=O)Nc2ccc(N3CCCC3)c(C(=O)NCc3ccccc3)c2)cc1. The van der Waals surface area contributed by atoms with Crippen molar-refractivity contribution in [2.45, 2.75) is 31.2 Å². The molecule has 4 rings (SSSR count). The highest BCUT2D eigenvalue weighted by Crippen LogP contribution is 2.29. The van der Waals surface area contributed by atoms with Gasteiger partial charge in [-0.2, -0.15) is 0 Å². The zero-order valence-corrected chi connectivity index (χ0v) is 18.9. The summed E-state index contributed by atoms with van der Waals surface area (Å²) in [5, 5.41) is 2.96. The smallest absolute Gasteiger partial charge is 0.261 e. The molecule has 0 atom stereocenters. The van der Waals surface area contributed by atoms with Gasteiger partial charge in [-0.3, -0.25) is 9.52 Å². The Morgan fingerprint density at radius 2 is 1.62 bits per heavy atom. The van der Waals surface area contributed by atoms with Crippen molar-refractivity contribution in [3.8, 4) is 0 Å². The van der Waals surface area contributed by atoms with Crippen molar-refractivity contribution in [1.29, 1.82) is 0 Å². The number of carbonyl (C=O) groups is 1. The molecular weight excluding hydrogens is 422 g/mol. The molecule has 32 heavy (non-hydrogen) atoms. The topological polar surface area (TPSA) is 78.5 Å². The number of benzene rings is 3. The maximum atomic E-state index is 13.1. The van der Waals surface area contributed by atoms with Gasteiger partial charge in [-0.15, -0.1) is 0 Å². The molecule has 1 aliphatic rings. The Kier molecular flexibility index (Phi) is 6.46. The van der Waals surface area contributed by atoms with Gasteiger partial charge < -0.3 is 10.2 Å². The summed E-state index contributed by atoms with van der Waals surface area (Å²) in [6.45, 7) is 4.07. The van der Waals surface area contributed by atoms with E-state index in [9.17, 15) is 13.2 Å². The van der Waals surface area contributed by atoms with E-state index in [-0.39, 0.29) is 10.8 Å². The monoisotopic (exact) mass is 449 g/mol. The molecule has 2 N–H and O–H groups in total. The lowest BCUT2D eigenvalue weighted by atomic mass is 10.1. The summed E-state index contributed by atoms with van der Waals surface area (Å²) in [7, 11) is -3.76. The van der Waals surface area contributed by atoms with E-state index >= 15 is 0 Å². The van der Waals surface area contributed by atoms with Crippen LogP contribution in [0.25, 0.3) is 0 Å². The van der Waals surface area contributed by atoms with Crippen LogP contribution in [-0.2, 0) is 16.6 Å². The molecule has 6 nitrogen and oxygen atoms in total. The molecule has 0 radical (unpaired) electrons. The third kappa shape index (κ3) is 5.11. The molecule has 7 heteroatoms. The molecule has 1 saturated heterocycles. The molecule has 0 unspecified atom stereocenters. The molecular formula is C25H27N3O3S. The van der Waals surface area contributed by atoms with E-state index in [1.807, 2.05) is 43.3 Å². The lowest BCUT2D eigenvalue weighted by Crippen LogP contribution is -2.27. The van der Waals surface area contributed by atoms with E-state index < -0.39 is 10.0 Å². The van der Waals surface area contributed by atoms with Crippen LogP contribution in [0.4, 0.5) is 11.4 Å². The predicted octanol–water partition coefficient (Wildman–Crippen LogP) is 4.33. The van der Waals surface area contributed by atoms with Gasteiger partial charge in [0.1, 0.15) is 0 Å². The van der Waals surface area contributed by atoms with Crippen molar-refractivity contribution in [2.75, 3.05) is 22.7 Å². The molecule has 1 amide bonds. The van der Waals surface area contributed by atoms with Crippen LogP contribution in [0.3, 0.4) is 0 Å². The minimum atomic E-state index is -3.76. The van der Waals surface area contributed by atoms with Crippen LogP contribution >= 0.6 is 0 Å². The Bertz CT molecular complexity index is 1190. The fourth-order valence-corrected chi connectivity index (χ4v) is 4.87. The third-order valence-electron chi connectivity index (χ3n) is 5.57. The maximum Gasteiger partial charge on any atom is 0.261 e. The van der Waals surface area contributed by atoms with Crippen LogP contribution in [0, 0.1) is 6.92 Å². The van der Waals surface area contributed by atoms with E-state index in [2.05, 4.69) is 14.9 Å². The maximum absolute atomic E-state index is 13.1. The van der Waals surface area contributed by atoms with Crippen molar-refractivity contribution in [2.24, 2.45) is 0 Å². The molecule has 1 aliphatic heterocycles. The van der Waals surface area contributed by atoms with Gasteiger partial charge in [0.25, 0.3) is 15.9 Å². The number of nitrogens with one attached hydrogen (secondary N) is 2. The van der Waals surface area contributed by atoms with Crippen LogP contribution in [0.1, 0.15) is 34.3 Å². The molecule has 0 saturated carbocycles. The number of aryl methyl sites for hydroxylation is 1. The normalized spacial score (nSPS) is 13.7. The van der Waals surface area contributed by atoms with Gasteiger partial charge in [-0.1, -0.05) is 48.0 Å². The Morgan fingerprint density at radius 3 is 2.31 bits per heavy atom. The number of hydrogen-bond acceptors (Lipinski definition) is 4. The zero-order chi connectivity index (χ0) is 22.6. The fourth-order valence-electron chi connectivity index (χ4n) is 3.82. The lowest BCUT2D eigenvalue weighted by molar-refractivity contribution is 0.0951. The first kappa shape index (κ1) is 21.9. The highest BCUT2D eigenvalue weighted by atomic mass is 32.2. The van der Waals surface area contributed by atoms with E-state index in [0.29, 0.717) is 17.8 Å². The van der Waals surface area contributed by atoms with Crippen LogP contribution in [0.2, 0.25) is 0 Å². The molecule has 3 aromatic carbocycles. The highest BCUT2D eigenvalue weighted by Gasteiger charge is 2.22. The van der Waals surface area contributed by atoms with E-state index in [1.165, 1.54) is 0 Å². The van der Waals surface area contributed by atoms with Crippen LogP contribution in [-0.4, -0.2) is 27.4 Å². The van der Waals surface area contributed by atoms with Crippen molar-refractivity contribution in [3.05, 3.63) is 89.5 Å². The number of anilines is 2. The zero-order valence-electron chi connectivity index (χ0n) is 18.0. The second-order valence-electron chi connectivity index (χ2n) is 8.01. The molecule has 166 valence electrons. The Labute approximate surface area is 189 Å². The van der Waals surface area contributed by atoms with Gasteiger partial charge in [-0.25, -0.2) is 8.42 Å². The summed E-state index contributed by atoms with van der Waals surface area (Å²) in [5.41, 5.74) is 3.63. The predicted molar refractivity (Wildman–Crippen MR) is 127 cm³/mol. The Morgan fingerprint density at radius 1 is 0.938 bits per heavy atom. The van der Waals surface area contributed by atoms with E-state index in [0.717, 1.165) is 42.7 Å². The first-order chi connectivity index (χ1) is 15.4. The molecule has 0 bridgehead atoms. The number of rotatable bonds is 7. The first-order valence-electron chi connectivity index (χ1n) is 10.7. The fraction of sp³-hybridized carbons (Fsp3) is 0.240. The molecule has 0 aliphatic carbocycles. The summed E-state index contributed by atoms with van der Waals surface area (Å²) in [6.07, 6.45) is 2.15. The standard InChI is InChI=1S/C25H27N3O3S/c1-19-9-12-22(13-10-19)32(30,31)27-21-11-14-24(28-15-5-6-16-28)23(17-21)25(29)26-18-20-7-3-2-4-8-20/h2-4,7-14,17,27H,5-6,15-16,18H2,1H3,(H,26,29). The second-order valence-corrected chi connectivity index (χ2v) is 9.70. The molecule has 1 heterocycles. The van der Waals surface area contributed by atoms with Gasteiger partial charge in [0.2, 0.25) is 0 Å². The van der Waals surface area contributed by atoms with Crippen LogP contribution < -0.4 is 14.9 Å². The number of sulfonamides is 1. The minimum absolute atomic E-state index is 0.182. The number of hydrogen-bond donors (Lipinski definition) is 2. The number of carbonyl (C=O) groups excluding carboxylic acids is 1. The summed E-state index contributed by atoms with van der Waals surface area (Å²) >= 11 is 0. The first-order valence-corrected chi connectivity index (χ1v) is 12.2. The number of nitrogens with zero attached hydrogens (tertiary/aromatic N) is 1. The molecule has 0 spiro atoms.